The van der Waals surface area contributed by atoms with E-state index in [-0.39, 0.29) is 17.9 Å². The molecule has 1 aliphatic heterocycles. The lowest BCUT2D eigenvalue weighted by molar-refractivity contribution is -0.123. The summed E-state index contributed by atoms with van der Waals surface area (Å²) >= 11 is 0. The lowest BCUT2D eigenvalue weighted by Crippen LogP contribution is -2.49. The second-order valence-electron chi connectivity index (χ2n) is 6.21. The number of carbonyl (C=O) groups is 1. The topological polar surface area (TPSA) is 62.5 Å². The maximum absolute atomic E-state index is 12.8. The van der Waals surface area contributed by atoms with Crippen molar-refractivity contribution in [1.29, 1.82) is 0 Å². The van der Waals surface area contributed by atoms with E-state index in [0.29, 0.717) is 5.82 Å². The van der Waals surface area contributed by atoms with Gasteiger partial charge in [-0.05, 0) is 37.9 Å². The van der Waals surface area contributed by atoms with Crippen molar-refractivity contribution < 1.29 is 4.79 Å². The summed E-state index contributed by atoms with van der Waals surface area (Å²) in [6.45, 7) is 6.22. The maximum Gasteiger partial charge on any atom is 0.243 e. The Bertz CT molecular complexity index is 645. The molecule has 1 fully saturated rings. The summed E-state index contributed by atoms with van der Waals surface area (Å²) in [5.41, 5.74) is 0.733. The Morgan fingerprint density at radius 2 is 1.95 bits per heavy atom. The summed E-state index contributed by atoms with van der Waals surface area (Å²) in [6.07, 6.45) is 6.99. The van der Waals surface area contributed by atoms with Crippen LogP contribution in [0.1, 0.15) is 33.1 Å². The third-order valence-corrected chi connectivity index (χ3v) is 4.23. The molecule has 3 rings (SSSR count). The third kappa shape index (κ3) is 2.97. The number of likely N-dealkylation sites (tertiary alicyclic amines) is 1. The minimum absolute atomic E-state index is 0.0416. The van der Waals surface area contributed by atoms with Gasteiger partial charge in [0.1, 0.15) is 5.82 Å². The molecule has 2 aromatic rings. The number of aromatic nitrogens is 3. The highest BCUT2D eigenvalue weighted by atomic mass is 16.2. The molecule has 6 heteroatoms. The van der Waals surface area contributed by atoms with E-state index in [4.69, 9.17) is 0 Å². The van der Waals surface area contributed by atoms with Crippen molar-refractivity contribution >= 4 is 17.4 Å². The highest BCUT2D eigenvalue weighted by molar-refractivity contribution is 5.94. The van der Waals surface area contributed by atoms with Crippen LogP contribution in [0, 0.1) is 5.92 Å². The molecule has 118 valence electrons. The van der Waals surface area contributed by atoms with Crippen LogP contribution in [0.3, 0.4) is 0 Å². The molecule has 2 aromatic heterocycles. The van der Waals surface area contributed by atoms with Gasteiger partial charge < -0.3 is 5.32 Å². The van der Waals surface area contributed by atoms with E-state index >= 15 is 0 Å². The predicted octanol–water partition coefficient (Wildman–Crippen LogP) is 2.18. The molecule has 1 saturated heterocycles. The Balaban J connectivity index is 1.80. The number of carbonyl (C=O) groups excluding carboxylic acids is 1. The highest BCUT2D eigenvalue weighted by Gasteiger charge is 2.30. The number of anilines is 1. The molecule has 0 bridgehead atoms. The summed E-state index contributed by atoms with van der Waals surface area (Å²) in [5, 5.41) is 7.24. The van der Waals surface area contributed by atoms with Gasteiger partial charge in [0.2, 0.25) is 5.91 Å². The van der Waals surface area contributed by atoms with Crippen molar-refractivity contribution in [2.45, 2.75) is 39.2 Å². The molecule has 0 unspecified atom stereocenters. The number of rotatable bonds is 4. The minimum atomic E-state index is -0.0981. The SMILES string of the molecule is CC(C)[C@H](C(=O)Nc1ccnc2ccnn12)N1CCCCC1. The fourth-order valence-corrected chi connectivity index (χ4v) is 3.22. The van der Waals surface area contributed by atoms with Crippen LogP contribution in [0.15, 0.2) is 24.5 Å². The first-order valence-electron chi connectivity index (χ1n) is 8.00. The van der Waals surface area contributed by atoms with Crippen molar-refractivity contribution in [2.24, 2.45) is 5.92 Å². The Hall–Kier alpha value is -1.95. The average molecular weight is 301 g/mol. The van der Waals surface area contributed by atoms with E-state index in [1.54, 1.807) is 23.0 Å². The summed E-state index contributed by atoms with van der Waals surface area (Å²) < 4.78 is 1.66. The van der Waals surface area contributed by atoms with Crippen LogP contribution in [0.5, 0.6) is 0 Å². The molecular weight excluding hydrogens is 278 g/mol. The number of hydrogen-bond donors (Lipinski definition) is 1. The van der Waals surface area contributed by atoms with E-state index in [9.17, 15) is 4.79 Å². The van der Waals surface area contributed by atoms with Gasteiger partial charge in [-0.25, -0.2) is 4.98 Å². The Kier molecular flexibility index (Phi) is 4.38. The summed E-state index contributed by atoms with van der Waals surface area (Å²) in [4.78, 5) is 19.3. The second kappa shape index (κ2) is 6.44. The summed E-state index contributed by atoms with van der Waals surface area (Å²) in [6, 6.07) is 3.50. The van der Waals surface area contributed by atoms with Gasteiger partial charge in [0, 0.05) is 12.3 Å². The molecule has 0 aliphatic carbocycles. The maximum atomic E-state index is 12.8. The number of fused-ring (bicyclic) bond motifs is 1. The predicted molar refractivity (Wildman–Crippen MR) is 85.7 cm³/mol. The quantitative estimate of drug-likeness (QED) is 0.940. The molecule has 0 spiro atoms. The first-order valence-corrected chi connectivity index (χ1v) is 8.00. The third-order valence-electron chi connectivity index (χ3n) is 4.23. The van der Waals surface area contributed by atoms with Gasteiger partial charge in [-0.2, -0.15) is 9.61 Å². The van der Waals surface area contributed by atoms with Crippen LogP contribution in [0.4, 0.5) is 5.82 Å². The van der Waals surface area contributed by atoms with E-state index in [1.807, 2.05) is 6.07 Å². The van der Waals surface area contributed by atoms with Crippen LogP contribution in [0.2, 0.25) is 0 Å². The molecule has 0 radical (unpaired) electrons. The van der Waals surface area contributed by atoms with Gasteiger partial charge in [-0.1, -0.05) is 20.3 Å². The molecule has 1 N–H and O–H groups in total. The zero-order chi connectivity index (χ0) is 15.5. The fourth-order valence-electron chi connectivity index (χ4n) is 3.22. The van der Waals surface area contributed by atoms with Crippen molar-refractivity contribution in [2.75, 3.05) is 18.4 Å². The smallest absolute Gasteiger partial charge is 0.243 e. The monoisotopic (exact) mass is 301 g/mol. The van der Waals surface area contributed by atoms with Gasteiger partial charge in [0.05, 0.1) is 12.2 Å². The zero-order valence-corrected chi connectivity index (χ0v) is 13.2. The van der Waals surface area contributed by atoms with Crippen LogP contribution < -0.4 is 5.32 Å². The highest BCUT2D eigenvalue weighted by Crippen LogP contribution is 2.19. The van der Waals surface area contributed by atoms with Crippen LogP contribution in [-0.2, 0) is 4.79 Å². The van der Waals surface area contributed by atoms with E-state index in [2.05, 4.69) is 34.1 Å². The van der Waals surface area contributed by atoms with Crippen LogP contribution in [-0.4, -0.2) is 44.5 Å². The van der Waals surface area contributed by atoms with Crippen molar-refractivity contribution in [3.8, 4) is 0 Å². The first-order chi connectivity index (χ1) is 10.7. The number of nitrogens with one attached hydrogen (secondary N) is 1. The first kappa shape index (κ1) is 15.0. The Labute approximate surface area is 130 Å². The Morgan fingerprint density at radius 3 is 2.68 bits per heavy atom. The normalized spacial score (nSPS) is 17.8. The van der Waals surface area contributed by atoms with Gasteiger partial charge in [-0.15, -0.1) is 0 Å². The van der Waals surface area contributed by atoms with Gasteiger partial charge in [0.15, 0.2) is 5.65 Å². The van der Waals surface area contributed by atoms with E-state index in [0.717, 1.165) is 18.7 Å². The minimum Gasteiger partial charge on any atom is -0.309 e. The molecule has 3 heterocycles. The van der Waals surface area contributed by atoms with Gasteiger partial charge >= 0.3 is 0 Å². The van der Waals surface area contributed by atoms with E-state index < -0.39 is 0 Å². The van der Waals surface area contributed by atoms with Crippen molar-refractivity contribution in [3.05, 3.63) is 24.5 Å². The zero-order valence-electron chi connectivity index (χ0n) is 13.2. The number of amides is 1. The molecule has 6 nitrogen and oxygen atoms in total. The van der Waals surface area contributed by atoms with Crippen LogP contribution >= 0.6 is 0 Å². The van der Waals surface area contributed by atoms with E-state index in [1.165, 1.54) is 19.3 Å². The average Bonchev–Trinajstić information content (AvgIpc) is 2.97. The lowest BCUT2D eigenvalue weighted by Gasteiger charge is -2.35. The molecule has 1 amide bonds. The molecular formula is C16H23N5O. The summed E-state index contributed by atoms with van der Waals surface area (Å²) in [5.74, 6) is 0.982. The Morgan fingerprint density at radius 1 is 1.18 bits per heavy atom. The number of nitrogens with zero attached hydrogens (tertiary/aromatic N) is 4. The van der Waals surface area contributed by atoms with Crippen LogP contribution in [0.25, 0.3) is 5.65 Å². The summed E-state index contributed by atoms with van der Waals surface area (Å²) in [7, 11) is 0. The molecule has 0 saturated carbocycles. The van der Waals surface area contributed by atoms with Crippen molar-refractivity contribution in [3.63, 3.8) is 0 Å². The van der Waals surface area contributed by atoms with Gasteiger partial charge in [0.25, 0.3) is 0 Å². The van der Waals surface area contributed by atoms with Crippen molar-refractivity contribution in [1.82, 2.24) is 19.5 Å². The standard InChI is InChI=1S/C16H23N5O/c1-12(2)15(20-10-4-3-5-11-20)16(22)19-14-6-8-17-13-7-9-18-21(13)14/h6-9,12,15H,3-5,10-11H2,1-2H3,(H,19,22)/t15-/m1/s1. The molecule has 22 heavy (non-hydrogen) atoms. The molecule has 0 aromatic carbocycles. The van der Waals surface area contributed by atoms with Gasteiger partial charge in [-0.3, -0.25) is 9.69 Å². The largest absolute Gasteiger partial charge is 0.309 e. The fraction of sp³-hybridized carbons (Fsp3) is 0.562. The number of hydrogen-bond acceptors (Lipinski definition) is 4. The second-order valence-corrected chi connectivity index (χ2v) is 6.21. The molecule has 1 atom stereocenters. The number of piperidine rings is 1. The lowest BCUT2D eigenvalue weighted by atomic mass is 9.98. The molecule has 1 aliphatic rings.